The number of likely N-dealkylation sites (N-methyl/N-ethyl adjacent to an activating group) is 1. The highest BCUT2D eigenvalue weighted by Gasteiger charge is 2.12. The molecule has 0 saturated carbocycles. The summed E-state index contributed by atoms with van der Waals surface area (Å²) in [7, 11) is -3.42. The Labute approximate surface area is 109 Å². The van der Waals surface area contributed by atoms with Crippen LogP contribution in [0, 0.1) is 0 Å². The van der Waals surface area contributed by atoms with Gasteiger partial charge in [-0.3, -0.25) is 0 Å². The van der Waals surface area contributed by atoms with Crippen molar-refractivity contribution in [2.24, 2.45) is 0 Å². The first kappa shape index (κ1) is 14.9. The summed E-state index contributed by atoms with van der Waals surface area (Å²) in [5.74, 6) is 0.670. The van der Waals surface area contributed by atoms with E-state index in [1.54, 1.807) is 24.3 Å². The van der Waals surface area contributed by atoms with Crippen LogP contribution in [0.1, 0.15) is 13.8 Å². The van der Waals surface area contributed by atoms with Crippen LogP contribution < -0.4 is 14.8 Å². The minimum absolute atomic E-state index is 0.252. The molecule has 102 valence electrons. The molecule has 0 atom stereocenters. The second kappa shape index (κ2) is 7.35. The number of hydrogen-bond donors (Lipinski definition) is 2. The van der Waals surface area contributed by atoms with Crippen LogP contribution in [-0.2, 0) is 10.0 Å². The molecule has 0 aromatic heterocycles. The van der Waals surface area contributed by atoms with Crippen molar-refractivity contribution < 1.29 is 13.2 Å². The zero-order valence-corrected chi connectivity index (χ0v) is 11.6. The molecule has 0 spiro atoms. The van der Waals surface area contributed by atoms with Gasteiger partial charge in [0.1, 0.15) is 5.75 Å². The van der Waals surface area contributed by atoms with Gasteiger partial charge >= 0.3 is 0 Å². The fraction of sp³-hybridized carbons (Fsp3) is 0.500. The monoisotopic (exact) mass is 272 g/mol. The van der Waals surface area contributed by atoms with Crippen LogP contribution in [0.3, 0.4) is 0 Å². The number of hydrogen-bond acceptors (Lipinski definition) is 4. The molecule has 18 heavy (non-hydrogen) atoms. The van der Waals surface area contributed by atoms with Gasteiger partial charge in [-0.15, -0.1) is 0 Å². The summed E-state index contributed by atoms with van der Waals surface area (Å²) in [4.78, 5) is 0.252. The Morgan fingerprint density at radius 1 is 1.11 bits per heavy atom. The highest BCUT2D eigenvalue weighted by atomic mass is 32.2. The minimum atomic E-state index is -3.42. The number of sulfonamides is 1. The Morgan fingerprint density at radius 2 is 1.78 bits per heavy atom. The van der Waals surface area contributed by atoms with Gasteiger partial charge in [0.05, 0.1) is 11.5 Å². The van der Waals surface area contributed by atoms with Crippen molar-refractivity contribution in [3.05, 3.63) is 24.3 Å². The second-order valence-corrected chi connectivity index (χ2v) is 5.42. The summed E-state index contributed by atoms with van der Waals surface area (Å²) < 4.78 is 31.6. The average Bonchev–Trinajstić information content (AvgIpc) is 2.36. The fourth-order valence-electron chi connectivity index (χ4n) is 1.42. The topological polar surface area (TPSA) is 67.4 Å². The van der Waals surface area contributed by atoms with Crippen LogP contribution in [-0.4, -0.2) is 34.7 Å². The lowest BCUT2D eigenvalue weighted by Gasteiger charge is -2.08. The van der Waals surface area contributed by atoms with E-state index in [0.29, 0.717) is 25.4 Å². The third-order valence-corrected chi connectivity index (χ3v) is 3.77. The number of nitrogens with one attached hydrogen (secondary N) is 2. The zero-order valence-electron chi connectivity index (χ0n) is 10.8. The van der Waals surface area contributed by atoms with Crippen molar-refractivity contribution in [3.8, 4) is 5.75 Å². The fourth-order valence-corrected chi connectivity index (χ4v) is 2.45. The predicted molar refractivity (Wildman–Crippen MR) is 71.3 cm³/mol. The lowest BCUT2D eigenvalue weighted by atomic mass is 10.3. The Hall–Kier alpha value is -1.11. The molecule has 0 heterocycles. The Balaban J connectivity index is 2.61. The molecule has 0 amide bonds. The van der Waals surface area contributed by atoms with Crippen molar-refractivity contribution in [3.63, 3.8) is 0 Å². The van der Waals surface area contributed by atoms with E-state index in [-0.39, 0.29) is 4.90 Å². The minimum Gasteiger partial charge on any atom is -0.494 e. The molecule has 0 aliphatic heterocycles. The second-order valence-electron chi connectivity index (χ2n) is 3.66. The molecule has 0 unspecified atom stereocenters. The van der Waals surface area contributed by atoms with Crippen molar-refractivity contribution >= 4 is 10.0 Å². The molecular formula is C12H20N2O3S. The average molecular weight is 272 g/mol. The van der Waals surface area contributed by atoms with E-state index in [1.807, 2.05) is 13.8 Å². The standard InChI is InChI=1S/C12H20N2O3S/c1-3-13-9-10-14-18(15,16)12-7-5-11(6-8-12)17-4-2/h5-8,13-14H,3-4,9-10H2,1-2H3. The van der Waals surface area contributed by atoms with Crippen LogP contribution in [0.4, 0.5) is 0 Å². The molecule has 1 aromatic carbocycles. The Morgan fingerprint density at radius 3 is 2.33 bits per heavy atom. The first-order chi connectivity index (χ1) is 8.60. The van der Waals surface area contributed by atoms with E-state index in [4.69, 9.17) is 4.74 Å². The molecule has 0 saturated heterocycles. The van der Waals surface area contributed by atoms with E-state index in [2.05, 4.69) is 10.0 Å². The third-order valence-electron chi connectivity index (χ3n) is 2.29. The smallest absolute Gasteiger partial charge is 0.240 e. The van der Waals surface area contributed by atoms with Crippen molar-refractivity contribution in [1.82, 2.24) is 10.0 Å². The quantitative estimate of drug-likeness (QED) is 0.692. The van der Waals surface area contributed by atoms with Crippen LogP contribution in [0.15, 0.2) is 29.2 Å². The normalized spacial score (nSPS) is 11.4. The molecule has 1 aromatic rings. The number of ether oxygens (including phenoxy) is 1. The molecule has 5 nitrogen and oxygen atoms in total. The van der Waals surface area contributed by atoms with Crippen LogP contribution in [0.2, 0.25) is 0 Å². The first-order valence-corrected chi connectivity index (χ1v) is 7.51. The Bertz CT molecular complexity index is 443. The lowest BCUT2D eigenvalue weighted by molar-refractivity contribution is 0.340. The summed E-state index contributed by atoms with van der Waals surface area (Å²) in [6.45, 7) is 6.24. The van der Waals surface area contributed by atoms with Gasteiger partial charge in [0, 0.05) is 13.1 Å². The first-order valence-electron chi connectivity index (χ1n) is 6.03. The van der Waals surface area contributed by atoms with Gasteiger partial charge in [0.2, 0.25) is 10.0 Å². The van der Waals surface area contributed by atoms with E-state index in [0.717, 1.165) is 6.54 Å². The van der Waals surface area contributed by atoms with Crippen LogP contribution >= 0.6 is 0 Å². The van der Waals surface area contributed by atoms with E-state index in [1.165, 1.54) is 0 Å². The maximum absolute atomic E-state index is 11.9. The van der Waals surface area contributed by atoms with Crippen molar-refractivity contribution in [2.45, 2.75) is 18.7 Å². The summed E-state index contributed by atoms with van der Waals surface area (Å²) in [5, 5.41) is 3.05. The van der Waals surface area contributed by atoms with Gasteiger partial charge in [-0.05, 0) is 37.7 Å². The molecule has 0 aliphatic carbocycles. The molecule has 1 rings (SSSR count). The van der Waals surface area contributed by atoms with E-state index in [9.17, 15) is 8.42 Å². The summed E-state index contributed by atoms with van der Waals surface area (Å²) in [5.41, 5.74) is 0. The Kier molecular flexibility index (Phi) is 6.11. The molecule has 0 radical (unpaired) electrons. The van der Waals surface area contributed by atoms with Crippen molar-refractivity contribution in [1.29, 1.82) is 0 Å². The van der Waals surface area contributed by atoms with Crippen LogP contribution in [0.5, 0.6) is 5.75 Å². The molecule has 0 fully saturated rings. The number of benzene rings is 1. The highest BCUT2D eigenvalue weighted by molar-refractivity contribution is 7.89. The highest BCUT2D eigenvalue weighted by Crippen LogP contribution is 2.15. The summed E-state index contributed by atoms with van der Waals surface area (Å²) in [6, 6.07) is 6.39. The lowest BCUT2D eigenvalue weighted by Crippen LogP contribution is -2.31. The molecule has 2 N–H and O–H groups in total. The maximum Gasteiger partial charge on any atom is 0.240 e. The summed E-state index contributed by atoms with van der Waals surface area (Å²) in [6.07, 6.45) is 0. The number of rotatable bonds is 8. The molecule has 0 bridgehead atoms. The van der Waals surface area contributed by atoms with Gasteiger partial charge in [-0.25, -0.2) is 13.1 Å². The van der Waals surface area contributed by atoms with E-state index < -0.39 is 10.0 Å². The van der Waals surface area contributed by atoms with Gasteiger partial charge in [0.15, 0.2) is 0 Å². The van der Waals surface area contributed by atoms with Gasteiger partial charge in [0.25, 0.3) is 0 Å². The third kappa shape index (κ3) is 4.64. The maximum atomic E-state index is 11.9. The SMILES string of the molecule is CCNCCNS(=O)(=O)c1ccc(OCC)cc1. The van der Waals surface area contributed by atoms with Crippen LogP contribution in [0.25, 0.3) is 0 Å². The largest absolute Gasteiger partial charge is 0.494 e. The van der Waals surface area contributed by atoms with Gasteiger partial charge in [-0.1, -0.05) is 6.92 Å². The summed E-state index contributed by atoms with van der Waals surface area (Å²) >= 11 is 0. The predicted octanol–water partition coefficient (Wildman–Crippen LogP) is 0.973. The zero-order chi connectivity index (χ0) is 13.4. The van der Waals surface area contributed by atoms with Gasteiger partial charge in [-0.2, -0.15) is 0 Å². The van der Waals surface area contributed by atoms with Crippen molar-refractivity contribution in [2.75, 3.05) is 26.2 Å². The molecular weight excluding hydrogens is 252 g/mol. The molecule has 0 aliphatic rings. The van der Waals surface area contributed by atoms with E-state index >= 15 is 0 Å². The molecule has 6 heteroatoms. The van der Waals surface area contributed by atoms with Gasteiger partial charge < -0.3 is 10.1 Å².